The molecule has 750 valence electrons. The SMILES string of the molecule is CCOC(=O)Nc1cnc2[nH]cc(-c3ncc(F)c(N[C@@H](C)c4ccc(F)cc4)n3)c2c1.C[C@H](Nc1nc(-c2c[nH]c3ncc(C(=O)N(C)C)cc23)ncc1F)c1ccc(F)cc1.C[C@H](Nc1nc(-c2c[nH]c3ncc(C(=O)O)cc23)ncc1F)c1ccc(F)cc1.C[C@H](Nc1nc(-c2c[nH]c3ncc(N)cc23)ncc1F)c1ccc(F)cc1.C[C@H](Nc1nc(-c2c[nH]c3ncc([N+](=O)[O-])cc23)ncc1F)c1ccc(F)cc1. The van der Waals surface area contributed by atoms with E-state index in [1.807, 2.05) is 20.8 Å². The Balaban J connectivity index is 0.000000132. The van der Waals surface area contributed by atoms with Gasteiger partial charge in [0.1, 0.15) is 63.5 Å². The molecule has 0 aliphatic carbocycles. The van der Waals surface area contributed by atoms with Crippen LogP contribution in [-0.2, 0) is 4.74 Å². The predicted octanol–water partition coefficient (Wildman–Crippen LogP) is 21.8. The Morgan fingerprint density at radius 2 is 0.635 bits per heavy atom. The Kier molecular flexibility index (Phi) is 30.8. The van der Waals surface area contributed by atoms with Crippen molar-refractivity contribution in [2.24, 2.45) is 0 Å². The van der Waals surface area contributed by atoms with Crippen LogP contribution in [0.2, 0.25) is 0 Å². The molecule has 0 unspecified atom stereocenters. The number of nitrogens with one attached hydrogen (secondary N) is 11. The molecule has 5 aromatic carbocycles. The maximum atomic E-state index is 14.4. The van der Waals surface area contributed by atoms with Crippen LogP contribution in [-0.4, -0.2) is 153 Å². The molecule has 0 saturated heterocycles. The summed E-state index contributed by atoms with van der Waals surface area (Å²) in [6, 6.07) is 36.0. The molecule has 0 radical (unpaired) electrons. The molecule has 2 amide bonds. The lowest BCUT2D eigenvalue weighted by atomic mass is 10.1. The van der Waals surface area contributed by atoms with Gasteiger partial charge in [-0.2, -0.15) is 0 Å². The first-order valence-corrected chi connectivity index (χ1v) is 45.0. The maximum absolute atomic E-state index is 14.4. The largest absolute Gasteiger partial charge is 0.478 e. The number of aromatic amines is 5. The number of carbonyl (C=O) groups excluding carboxylic acids is 2. The predicted molar refractivity (Wildman–Crippen MR) is 534 cm³/mol. The van der Waals surface area contributed by atoms with Gasteiger partial charge in [-0.3, -0.25) is 20.2 Å². The number of rotatable bonds is 25. The van der Waals surface area contributed by atoms with E-state index < -0.39 is 46.1 Å². The van der Waals surface area contributed by atoms with E-state index in [1.54, 1.807) is 151 Å². The zero-order valence-electron chi connectivity index (χ0n) is 79.0. The fourth-order valence-electron chi connectivity index (χ4n) is 15.1. The standard InChI is InChI=1S/C22H20F2N6O2.C22H20F2N6O.C20H15F2N5O2.C19H14F2N6O2.C19H16F2N6/c1-3-32-22(31)29-15-8-16-17(10-26-19(16)25-9-15)20-27-11-18(24)21(30-20)28-12(2)13-4-6-14(23)7-5-13;1-12(13-4-6-15(23)7-5-13)28-21-18(24)11-27-20(29-21)17-10-26-19-16(17)8-14(9-25-19)22(31)30(2)3;1-10(11-2-4-13(21)5-3-11)26-19-16(22)9-25-18(27-19)15-8-24-17-14(15)6-12(7-23-17)20(28)29;1-10(11-2-4-12(20)5-3-11)25-19-16(21)9-24-18(26-19)15-8-23-17-14(15)6-13(7-22-17)27(28)29;1-10(11-2-4-12(20)5-3-11)26-19-16(21)9-25-18(27-19)15-8-24-17-14(15)6-13(22)7-23-17/h4-12H,3H2,1-2H3,(H,25,26)(H,29,31)(H,27,28,30);4-12H,1-3H3,(H,25,26)(H,27,28,29);2-10H,1H3,(H,23,24)(H,28,29)(H,25,26,27);2-10H,1H3,(H,22,23)(H,24,25,26);2-10H,22H2,1H3,(H,23,24)(H,25,26,27)/t2*12-;3*10-/m00000/s1. The molecular weight excluding hydrogens is 1930 g/mol. The number of carbonyl (C=O) groups is 3. The summed E-state index contributed by atoms with van der Waals surface area (Å²) in [4.78, 5) is 125. The third-order valence-corrected chi connectivity index (χ3v) is 22.8. The number of halogens is 10. The molecule has 0 aliphatic heterocycles. The average Bonchev–Trinajstić information content (AvgIpc) is 1.67. The second-order valence-electron chi connectivity index (χ2n) is 33.3. The van der Waals surface area contributed by atoms with Crippen LogP contribution in [0.15, 0.2) is 245 Å². The molecule has 148 heavy (non-hydrogen) atoms. The van der Waals surface area contributed by atoms with Crippen LogP contribution >= 0.6 is 0 Å². The van der Waals surface area contributed by atoms with E-state index in [1.165, 1.54) is 96.3 Å². The van der Waals surface area contributed by atoms with Crippen LogP contribution < -0.4 is 37.6 Å². The first-order valence-electron chi connectivity index (χ1n) is 45.0. The number of aromatic carboxylic acids is 1. The number of pyridine rings is 5. The smallest absolute Gasteiger partial charge is 0.411 e. The highest BCUT2D eigenvalue weighted by atomic mass is 19.2. The Hall–Kier alpha value is -19.3. The number of ether oxygens (including phenoxy) is 1. The number of fused-ring (bicyclic) bond motifs is 5. The van der Waals surface area contributed by atoms with Crippen molar-refractivity contribution >= 4 is 119 Å². The topological polar surface area (TPSA) is 498 Å². The van der Waals surface area contributed by atoms with Gasteiger partial charge in [-0.15, -0.1) is 0 Å². The summed E-state index contributed by atoms with van der Waals surface area (Å²) in [5.41, 5.74) is 16.3. The summed E-state index contributed by atoms with van der Waals surface area (Å²) in [6.45, 7) is 11.0. The van der Waals surface area contributed by atoms with Crippen molar-refractivity contribution in [1.82, 2.24) is 105 Å². The van der Waals surface area contributed by atoms with Crippen LogP contribution in [0, 0.1) is 68.3 Å². The summed E-state index contributed by atoms with van der Waals surface area (Å²) < 4.78 is 142. The number of carboxylic acids is 1. The third kappa shape index (κ3) is 24.0. The van der Waals surface area contributed by atoms with E-state index in [-0.39, 0.29) is 135 Å². The van der Waals surface area contributed by atoms with Crippen molar-refractivity contribution < 1.29 is 73.1 Å². The number of anilines is 7. The molecule has 20 aromatic rings. The fraction of sp³-hybridized carbons (Fsp3) is 0.137. The number of nitro groups is 1. The zero-order chi connectivity index (χ0) is 105. The molecule has 0 aliphatic rings. The highest BCUT2D eigenvalue weighted by molar-refractivity contribution is 6.02. The van der Waals surface area contributed by atoms with Gasteiger partial charge in [0.05, 0.1) is 108 Å². The van der Waals surface area contributed by atoms with E-state index in [4.69, 9.17) is 10.5 Å². The lowest BCUT2D eigenvalue weighted by molar-refractivity contribution is -0.385. The Labute approximate surface area is 831 Å². The molecular formula is C102H85F10N29O7. The minimum Gasteiger partial charge on any atom is -0.478 e. The molecule has 0 saturated carbocycles. The van der Waals surface area contributed by atoms with Crippen LogP contribution in [0.3, 0.4) is 0 Å². The van der Waals surface area contributed by atoms with Crippen molar-refractivity contribution in [1.29, 1.82) is 0 Å². The number of benzene rings is 5. The van der Waals surface area contributed by atoms with E-state index in [2.05, 4.69) is 132 Å². The number of nitrogen functional groups attached to an aromatic ring is 1. The number of hydrogen-bond acceptors (Lipinski definition) is 27. The van der Waals surface area contributed by atoms with Crippen molar-refractivity contribution in [3.8, 4) is 56.9 Å². The van der Waals surface area contributed by atoms with E-state index >= 15 is 0 Å². The van der Waals surface area contributed by atoms with E-state index in [0.717, 1.165) is 70.4 Å². The highest BCUT2D eigenvalue weighted by Crippen LogP contribution is 2.37. The van der Waals surface area contributed by atoms with Gasteiger partial charge in [0, 0.05) is 118 Å². The number of carboxylic acid groups (broad SMARTS) is 1. The molecule has 0 fully saturated rings. The first-order chi connectivity index (χ1) is 71.1. The lowest BCUT2D eigenvalue weighted by Crippen LogP contribution is -2.21. The maximum Gasteiger partial charge on any atom is 0.411 e. The van der Waals surface area contributed by atoms with Crippen molar-refractivity contribution in [3.63, 3.8) is 0 Å². The molecule has 36 nitrogen and oxygen atoms in total. The highest BCUT2D eigenvalue weighted by Gasteiger charge is 2.26. The monoisotopic (exact) mass is 2020 g/mol. The molecule has 20 rings (SSSR count). The van der Waals surface area contributed by atoms with Crippen LogP contribution in [0.25, 0.3) is 112 Å². The number of nitrogens with two attached hydrogens (primary N) is 1. The molecule has 0 bridgehead atoms. The van der Waals surface area contributed by atoms with Crippen molar-refractivity contribution in [3.05, 3.63) is 352 Å². The zero-order valence-corrected chi connectivity index (χ0v) is 79.0. The minimum absolute atomic E-state index is 0.00920. The first kappa shape index (κ1) is 102. The van der Waals surface area contributed by atoms with Gasteiger partial charge in [-0.05, 0) is 154 Å². The Morgan fingerprint density at radius 3 is 0.926 bits per heavy atom. The third-order valence-electron chi connectivity index (χ3n) is 22.8. The van der Waals surface area contributed by atoms with Gasteiger partial charge in [0.15, 0.2) is 87.3 Å². The van der Waals surface area contributed by atoms with E-state index in [0.29, 0.717) is 100 Å². The Bertz CT molecular complexity index is 8060. The van der Waals surface area contributed by atoms with Crippen molar-refractivity contribution in [2.75, 3.05) is 58.3 Å². The number of aromatic nitrogens is 20. The molecule has 14 N–H and O–H groups in total. The summed E-state index contributed by atoms with van der Waals surface area (Å²) in [5.74, 6) is -4.87. The van der Waals surface area contributed by atoms with Gasteiger partial charge < -0.3 is 72.0 Å². The summed E-state index contributed by atoms with van der Waals surface area (Å²) >= 11 is 0. The molecule has 15 heterocycles. The Morgan fingerprint density at radius 1 is 0.372 bits per heavy atom. The molecule has 15 aromatic heterocycles. The summed E-state index contributed by atoms with van der Waals surface area (Å²) in [5, 5.41) is 40.7. The van der Waals surface area contributed by atoms with Gasteiger partial charge in [-0.25, -0.2) is 128 Å². The van der Waals surface area contributed by atoms with Crippen LogP contribution in [0.1, 0.15) is 120 Å². The number of H-pyrrole nitrogens is 5. The number of hydrogen-bond donors (Lipinski definition) is 13. The van der Waals surface area contributed by atoms with Gasteiger partial charge in [0.2, 0.25) is 0 Å². The van der Waals surface area contributed by atoms with E-state index in [9.17, 15) is 73.5 Å². The van der Waals surface area contributed by atoms with Crippen molar-refractivity contribution in [2.45, 2.75) is 71.8 Å². The molecule has 46 heteroatoms. The van der Waals surface area contributed by atoms with Gasteiger partial charge in [0.25, 0.3) is 11.6 Å². The average molecular weight is 2020 g/mol. The number of amides is 2. The lowest BCUT2D eigenvalue weighted by Gasteiger charge is -2.16. The number of nitrogens with zero attached hydrogens (tertiary/aromatic N) is 17. The normalized spacial score (nSPS) is 12.1. The summed E-state index contributed by atoms with van der Waals surface area (Å²) in [6.07, 6.45) is 19.8. The fourth-order valence-corrected chi connectivity index (χ4v) is 15.1. The summed E-state index contributed by atoms with van der Waals surface area (Å²) in [7, 11) is 3.32. The molecule has 5 atom stereocenters. The van der Waals surface area contributed by atoms with Gasteiger partial charge in [-0.1, -0.05) is 60.7 Å². The quantitative estimate of drug-likeness (QED) is 0.0144. The van der Waals surface area contributed by atoms with Crippen LogP contribution in [0.5, 0.6) is 0 Å². The molecule has 0 spiro atoms. The minimum atomic E-state index is -1.11. The van der Waals surface area contributed by atoms with Crippen LogP contribution in [0.4, 0.5) is 94.9 Å². The second-order valence-corrected chi connectivity index (χ2v) is 33.3. The van der Waals surface area contributed by atoms with Gasteiger partial charge >= 0.3 is 12.1 Å². The second kappa shape index (κ2) is 44.9.